The van der Waals surface area contributed by atoms with Gasteiger partial charge in [0.1, 0.15) is 5.72 Å². The highest BCUT2D eigenvalue weighted by molar-refractivity contribution is 6.35. The Kier molecular flexibility index (Phi) is 7.62. The van der Waals surface area contributed by atoms with Gasteiger partial charge in [-0.15, -0.1) is 0 Å². The first-order valence-corrected chi connectivity index (χ1v) is 11.3. The molecule has 11 heteroatoms. The second-order valence-electron chi connectivity index (χ2n) is 8.71. The second kappa shape index (κ2) is 9.95. The Balaban J connectivity index is 1.86. The topological polar surface area (TPSA) is 99.8 Å². The number of pyridine rings is 1. The first kappa shape index (κ1) is 26.0. The number of halogens is 4. The van der Waals surface area contributed by atoms with Crippen molar-refractivity contribution in [3.8, 4) is 0 Å². The minimum absolute atomic E-state index is 0.00441. The number of nitrogens with zero attached hydrogens (tertiary/aromatic N) is 2. The van der Waals surface area contributed by atoms with Crippen LogP contribution in [0.25, 0.3) is 10.8 Å². The van der Waals surface area contributed by atoms with Crippen LogP contribution in [0, 0.1) is 5.92 Å². The fraction of sp³-hybridized carbons (Fsp3) is 0.522. The summed E-state index contributed by atoms with van der Waals surface area (Å²) in [7, 11) is 1.31. The number of carbonyl (C=O) groups excluding carboxylic acids is 1. The maximum Gasteiger partial charge on any atom is 0.391 e. The molecule has 1 aromatic carbocycles. The van der Waals surface area contributed by atoms with Crippen LogP contribution in [0.5, 0.6) is 0 Å². The molecule has 0 saturated heterocycles. The summed E-state index contributed by atoms with van der Waals surface area (Å²) < 4.78 is 40.5. The summed E-state index contributed by atoms with van der Waals surface area (Å²) in [6.45, 7) is 0.300. The zero-order chi connectivity index (χ0) is 25.3. The number of amides is 1. The van der Waals surface area contributed by atoms with E-state index in [2.05, 4.69) is 0 Å². The lowest BCUT2D eigenvalue weighted by Gasteiger charge is -2.42. The Morgan fingerprint density at radius 2 is 1.82 bits per heavy atom. The number of aliphatic hydroxyl groups is 1. The number of aryl methyl sites for hydroxylation is 1. The first-order chi connectivity index (χ1) is 15.8. The van der Waals surface area contributed by atoms with Gasteiger partial charge in [0, 0.05) is 37.0 Å². The van der Waals surface area contributed by atoms with Crippen LogP contribution in [0.15, 0.2) is 29.2 Å². The molecule has 1 heterocycles. The van der Waals surface area contributed by atoms with Gasteiger partial charge < -0.3 is 19.7 Å². The van der Waals surface area contributed by atoms with E-state index < -0.39 is 29.7 Å². The Morgan fingerprint density at radius 3 is 2.41 bits per heavy atom. The van der Waals surface area contributed by atoms with Crippen molar-refractivity contribution in [3.63, 3.8) is 0 Å². The monoisotopic (exact) mass is 502 g/mol. The number of hydrogen-bond donors (Lipinski definition) is 2. The van der Waals surface area contributed by atoms with E-state index in [1.807, 2.05) is 0 Å². The standard InChI is InChI=1S/C23H26ClF3N2O5/c1-28(22(34)10-7-14(8-11-22)23(25,26)27)21(33)19-15-9-13-29(12-3-2-4-18(30)31)20(32)16(15)5-6-17(19)24/h5-6,9,13-14,34H,2-4,7-8,10-12H2,1H3,(H,30,31). The van der Waals surface area contributed by atoms with Gasteiger partial charge in [-0.3, -0.25) is 14.4 Å². The normalized spacial score (nSPS) is 20.9. The number of benzene rings is 1. The highest BCUT2D eigenvalue weighted by atomic mass is 35.5. The zero-order valence-corrected chi connectivity index (χ0v) is 19.3. The molecule has 0 bridgehead atoms. The highest BCUT2D eigenvalue weighted by Crippen LogP contribution is 2.42. The highest BCUT2D eigenvalue weighted by Gasteiger charge is 2.47. The molecule has 34 heavy (non-hydrogen) atoms. The van der Waals surface area contributed by atoms with Gasteiger partial charge in [0.25, 0.3) is 11.5 Å². The van der Waals surface area contributed by atoms with Gasteiger partial charge in [0.05, 0.1) is 16.5 Å². The molecule has 1 aromatic heterocycles. The number of hydrogen-bond acceptors (Lipinski definition) is 4. The van der Waals surface area contributed by atoms with Gasteiger partial charge in [-0.05, 0) is 56.7 Å². The minimum atomic E-state index is -4.35. The Labute approximate surface area is 198 Å². The Bertz CT molecular complexity index is 1140. The molecule has 0 unspecified atom stereocenters. The van der Waals surface area contributed by atoms with E-state index in [1.165, 1.54) is 29.9 Å². The van der Waals surface area contributed by atoms with E-state index in [0.717, 1.165) is 4.90 Å². The molecule has 1 saturated carbocycles. The lowest BCUT2D eigenvalue weighted by atomic mass is 9.82. The predicted molar refractivity (Wildman–Crippen MR) is 120 cm³/mol. The van der Waals surface area contributed by atoms with Crippen molar-refractivity contribution >= 4 is 34.2 Å². The van der Waals surface area contributed by atoms with Crippen LogP contribution in [0.3, 0.4) is 0 Å². The fourth-order valence-electron chi connectivity index (χ4n) is 4.39. The molecule has 0 aliphatic heterocycles. The SMILES string of the molecule is CN(C(=O)c1c(Cl)ccc2c(=O)n(CCCCC(=O)O)ccc12)C1(O)CCC(C(F)(F)F)CC1. The number of carboxylic acid groups (broad SMARTS) is 1. The van der Waals surface area contributed by atoms with E-state index in [0.29, 0.717) is 19.4 Å². The number of aliphatic carboxylic acids is 1. The van der Waals surface area contributed by atoms with Crippen molar-refractivity contribution in [1.29, 1.82) is 0 Å². The van der Waals surface area contributed by atoms with E-state index in [4.69, 9.17) is 16.7 Å². The average Bonchev–Trinajstić information content (AvgIpc) is 2.76. The molecule has 1 aliphatic carbocycles. The van der Waals surface area contributed by atoms with Gasteiger partial charge in [0.2, 0.25) is 0 Å². The quantitative estimate of drug-likeness (QED) is 0.431. The summed E-state index contributed by atoms with van der Waals surface area (Å²) >= 11 is 6.29. The largest absolute Gasteiger partial charge is 0.481 e. The molecule has 0 atom stereocenters. The van der Waals surface area contributed by atoms with Crippen LogP contribution in [-0.2, 0) is 11.3 Å². The number of fused-ring (bicyclic) bond motifs is 1. The molecule has 3 rings (SSSR count). The van der Waals surface area contributed by atoms with Crippen LogP contribution in [-0.4, -0.2) is 50.5 Å². The van der Waals surface area contributed by atoms with E-state index >= 15 is 0 Å². The average molecular weight is 503 g/mol. The maximum absolute atomic E-state index is 13.3. The summed E-state index contributed by atoms with van der Waals surface area (Å²) in [5.74, 6) is -3.13. The number of unbranched alkanes of at least 4 members (excludes halogenated alkanes) is 1. The molecule has 186 valence electrons. The van der Waals surface area contributed by atoms with E-state index in [-0.39, 0.29) is 59.0 Å². The van der Waals surface area contributed by atoms with Crippen molar-refractivity contribution in [3.05, 3.63) is 45.3 Å². The van der Waals surface area contributed by atoms with Gasteiger partial charge in [0.15, 0.2) is 0 Å². The van der Waals surface area contributed by atoms with Crippen molar-refractivity contribution in [2.45, 2.75) is 63.4 Å². The number of carboxylic acids is 1. The van der Waals surface area contributed by atoms with Crippen LogP contribution < -0.4 is 5.56 Å². The third kappa shape index (κ3) is 5.38. The molecular formula is C23H26ClF3N2O5. The molecule has 2 aromatic rings. The van der Waals surface area contributed by atoms with Gasteiger partial charge >= 0.3 is 12.1 Å². The van der Waals surface area contributed by atoms with Crippen LogP contribution in [0.4, 0.5) is 13.2 Å². The Hall–Kier alpha value is -2.59. The third-order valence-electron chi connectivity index (χ3n) is 6.54. The molecule has 0 radical (unpaired) electrons. The molecule has 1 aliphatic rings. The smallest absolute Gasteiger partial charge is 0.391 e. The minimum Gasteiger partial charge on any atom is -0.481 e. The molecule has 1 amide bonds. The molecule has 1 fully saturated rings. The molecule has 2 N–H and O–H groups in total. The maximum atomic E-state index is 13.3. The van der Waals surface area contributed by atoms with E-state index in [9.17, 15) is 32.7 Å². The number of alkyl halides is 3. The predicted octanol–water partition coefficient (Wildman–Crippen LogP) is 4.42. The van der Waals surface area contributed by atoms with Crippen molar-refractivity contribution in [1.82, 2.24) is 9.47 Å². The molecule has 7 nitrogen and oxygen atoms in total. The Morgan fingerprint density at radius 1 is 1.18 bits per heavy atom. The summed E-state index contributed by atoms with van der Waals surface area (Å²) in [6, 6.07) is 4.42. The van der Waals surface area contributed by atoms with Gasteiger partial charge in [-0.1, -0.05) is 11.6 Å². The number of carbonyl (C=O) groups is 2. The van der Waals surface area contributed by atoms with Crippen LogP contribution in [0.2, 0.25) is 5.02 Å². The molecule has 0 spiro atoms. The summed E-state index contributed by atoms with van der Waals surface area (Å²) in [5.41, 5.74) is -2.16. The number of rotatable bonds is 7. The second-order valence-corrected chi connectivity index (χ2v) is 9.12. The van der Waals surface area contributed by atoms with Crippen LogP contribution >= 0.6 is 11.6 Å². The van der Waals surface area contributed by atoms with Gasteiger partial charge in [-0.2, -0.15) is 13.2 Å². The summed E-state index contributed by atoms with van der Waals surface area (Å²) in [4.78, 5) is 37.9. The lowest BCUT2D eigenvalue weighted by molar-refractivity contribution is -0.202. The van der Waals surface area contributed by atoms with Gasteiger partial charge in [-0.25, -0.2) is 0 Å². The van der Waals surface area contributed by atoms with Crippen LogP contribution in [0.1, 0.15) is 55.3 Å². The lowest BCUT2D eigenvalue weighted by Crippen LogP contribution is -2.52. The fourth-order valence-corrected chi connectivity index (χ4v) is 4.64. The number of aromatic nitrogens is 1. The van der Waals surface area contributed by atoms with Crippen molar-refractivity contribution in [2.24, 2.45) is 5.92 Å². The zero-order valence-electron chi connectivity index (χ0n) is 18.6. The van der Waals surface area contributed by atoms with E-state index in [1.54, 1.807) is 6.07 Å². The summed E-state index contributed by atoms with van der Waals surface area (Å²) in [5, 5.41) is 20.2. The molecular weight excluding hydrogens is 477 g/mol. The first-order valence-electron chi connectivity index (χ1n) is 11.0. The van der Waals surface area contributed by atoms with Crippen molar-refractivity contribution in [2.75, 3.05) is 7.05 Å². The third-order valence-corrected chi connectivity index (χ3v) is 6.85. The van der Waals surface area contributed by atoms with Crippen molar-refractivity contribution < 1.29 is 33.0 Å². The summed E-state index contributed by atoms with van der Waals surface area (Å²) in [6.07, 6.45) is -3.04.